The molecule has 0 fully saturated rings. The summed E-state index contributed by atoms with van der Waals surface area (Å²) in [5.74, 6) is 0. The highest BCUT2D eigenvalue weighted by Crippen LogP contribution is 2.23. The molecule has 1 unspecified atom stereocenters. The number of halogens is 1. The number of hydrogen-bond acceptors (Lipinski definition) is 1. The second-order valence-electron chi connectivity index (χ2n) is 3.52. The van der Waals surface area contributed by atoms with Crippen LogP contribution in [0.25, 0.3) is 0 Å². The van der Waals surface area contributed by atoms with Crippen LogP contribution in [-0.4, -0.2) is 23.1 Å². The first kappa shape index (κ1) is 10.6. The first-order valence-electron chi connectivity index (χ1n) is 3.45. The summed E-state index contributed by atoms with van der Waals surface area (Å²) in [6.07, 6.45) is -1.03. The third kappa shape index (κ3) is 4.90. The first-order valence-corrected chi connectivity index (χ1v) is 3.88. The van der Waals surface area contributed by atoms with Crippen LogP contribution in [0.4, 0.5) is 4.79 Å². The van der Waals surface area contributed by atoms with E-state index in [-0.39, 0.29) is 10.8 Å². The van der Waals surface area contributed by atoms with Crippen molar-refractivity contribution in [1.82, 2.24) is 5.32 Å². The molecule has 0 radical (unpaired) electrons. The van der Waals surface area contributed by atoms with Crippen LogP contribution < -0.4 is 5.32 Å². The molecule has 1 atom stereocenters. The van der Waals surface area contributed by atoms with E-state index in [2.05, 4.69) is 5.32 Å². The van der Waals surface area contributed by atoms with Crippen LogP contribution in [0, 0.1) is 5.41 Å². The minimum Gasteiger partial charge on any atom is -0.465 e. The fourth-order valence-electron chi connectivity index (χ4n) is 0.483. The van der Waals surface area contributed by atoms with E-state index in [1.807, 2.05) is 20.8 Å². The second kappa shape index (κ2) is 3.81. The summed E-state index contributed by atoms with van der Waals surface area (Å²) in [6, 6.07) is 0. The molecular formula is C7H14ClNO2. The maximum Gasteiger partial charge on any atom is 0.404 e. The van der Waals surface area contributed by atoms with E-state index in [9.17, 15) is 4.79 Å². The van der Waals surface area contributed by atoms with Gasteiger partial charge in [-0.05, 0) is 5.41 Å². The van der Waals surface area contributed by atoms with Crippen molar-refractivity contribution < 1.29 is 9.90 Å². The van der Waals surface area contributed by atoms with Crippen molar-refractivity contribution in [2.45, 2.75) is 26.1 Å². The highest BCUT2D eigenvalue weighted by molar-refractivity contribution is 6.21. The highest BCUT2D eigenvalue weighted by Gasteiger charge is 2.22. The summed E-state index contributed by atoms with van der Waals surface area (Å²) < 4.78 is 0. The number of carboxylic acid groups (broad SMARTS) is 1. The van der Waals surface area contributed by atoms with Crippen LogP contribution >= 0.6 is 11.6 Å². The van der Waals surface area contributed by atoms with E-state index in [0.717, 1.165) is 0 Å². The lowest BCUT2D eigenvalue weighted by Crippen LogP contribution is -2.35. The van der Waals surface area contributed by atoms with Crippen molar-refractivity contribution in [3.05, 3.63) is 0 Å². The van der Waals surface area contributed by atoms with E-state index >= 15 is 0 Å². The molecule has 0 bridgehead atoms. The van der Waals surface area contributed by atoms with Gasteiger partial charge in [-0.25, -0.2) is 4.79 Å². The number of amides is 1. The van der Waals surface area contributed by atoms with Crippen LogP contribution in [0.5, 0.6) is 0 Å². The number of alkyl halides is 1. The number of nitrogens with one attached hydrogen (secondary N) is 1. The monoisotopic (exact) mass is 179 g/mol. The van der Waals surface area contributed by atoms with Gasteiger partial charge in [0.2, 0.25) is 0 Å². The van der Waals surface area contributed by atoms with E-state index < -0.39 is 6.09 Å². The molecule has 1 amide bonds. The third-order valence-corrected chi connectivity index (χ3v) is 2.18. The molecule has 0 aliphatic carbocycles. The maximum atomic E-state index is 10.1. The summed E-state index contributed by atoms with van der Waals surface area (Å²) in [5.41, 5.74) is -0.0655. The fourth-order valence-corrected chi connectivity index (χ4v) is 0.560. The molecule has 0 rings (SSSR count). The smallest absolute Gasteiger partial charge is 0.404 e. The van der Waals surface area contributed by atoms with Gasteiger partial charge in [0.05, 0.1) is 5.38 Å². The number of rotatable bonds is 2. The molecule has 0 aromatic carbocycles. The van der Waals surface area contributed by atoms with Crippen molar-refractivity contribution in [1.29, 1.82) is 0 Å². The minimum absolute atomic E-state index is 0.0655. The van der Waals surface area contributed by atoms with E-state index in [1.54, 1.807) is 0 Å². The first-order chi connectivity index (χ1) is 4.84. The molecule has 0 spiro atoms. The molecule has 0 saturated heterocycles. The topological polar surface area (TPSA) is 49.3 Å². The summed E-state index contributed by atoms with van der Waals surface area (Å²) in [6.45, 7) is 6.19. The highest BCUT2D eigenvalue weighted by atomic mass is 35.5. The van der Waals surface area contributed by atoms with Crippen molar-refractivity contribution in [3.63, 3.8) is 0 Å². The Morgan fingerprint density at radius 2 is 2.09 bits per heavy atom. The Morgan fingerprint density at radius 3 is 2.36 bits per heavy atom. The van der Waals surface area contributed by atoms with Gasteiger partial charge in [-0.1, -0.05) is 20.8 Å². The number of carbonyl (C=O) groups is 1. The molecule has 0 aromatic heterocycles. The zero-order valence-corrected chi connectivity index (χ0v) is 7.77. The summed E-state index contributed by atoms with van der Waals surface area (Å²) in [4.78, 5) is 10.1. The predicted octanol–water partition coefficient (Wildman–Crippen LogP) is 1.91. The van der Waals surface area contributed by atoms with Crippen molar-refractivity contribution >= 4 is 17.7 Å². The quantitative estimate of drug-likeness (QED) is 0.637. The normalized spacial score (nSPS) is 14.2. The Labute approximate surface area is 71.7 Å². The minimum atomic E-state index is -1.03. The lowest BCUT2D eigenvalue weighted by molar-refractivity contribution is 0.193. The summed E-state index contributed by atoms with van der Waals surface area (Å²) >= 11 is 5.88. The number of hydrogen-bond donors (Lipinski definition) is 2. The van der Waals surface area contributed by atoms with E-state index in [4.69, 9.17) is 16.7 Å². The van der Waals surface area contributed by atoms with Gasteiger partial charge in [-0.2, -0.15) is 0 Å². The zero-order chi connectivity index (χ0) is 9.07. The van der Waals surface area contributed by atoms with Crippen LogP contribution in [0.3, 0.4) is 0 Å². The molecular weight excluding hydrogens is 166 g/mol. The average molecular weight is 180 g/mol. The molecule has 2 N–H and O–H groups in total. The Morgan fingerprint density at radius 1 is 1.64 bits per heavy atom. The van der Waals surface area contributed by atoms with Gasteiger partial charge >= 0.3 is 6.09 Å². The van der Waals surface area contributed by atoms with Gasteiger partial charge in [-0.3, -0.25) is 0 Å². The molecule has 66 valence electrons. The second-order valence-corrected chi connectivity index (χ2v) is 4.05. The Kier molecular flexibility index (Phi) is 3.66. The van der Waals surface area contributed by atoms with Gasteiger partial charge < -0.3 is 10.4 Å². The van der Waals surface area contributed by atoms with Crippen LogP contribution in [0.1, 0.15) is 20.8 Å². The lowest BCUT2D eigenvalue weighted by Gasteiger charge is -2.24. The molecule has 0 heterocycles. The average Bonchev–Trinajstić information content (AvgIpc) is 1.80. The maximum absolute atomic E-state index is 10.1. The largest absolute Gasteiger partial charge is 0.465 e. The van der Waals surface area contributed by atoms with E-state index in [1.165, 1.54) is 0 Å². The predicted molar refractivity (Wildman–Crippen MR) is 45.1 cm³/mol. The zero-order valence-electron chi connectivity index (χ0n) is 7.02. The van der Waals surface area contributed by atoms with Crippen molar-refractivity contribution in [3.8, 4) is 0 Å². The van der Waals surface area contributed by atoms with Crippen LogP contribution in [-0.2, 0) is 0 Å². The molecule has 0 aliphatic heterocycles. The SMILES string of the molecule is CC(C)(C)C(Cl)CNC(=O)O. The van der Waals surface area contributed by atoms with Gasteiger partial charge in [0.1, 0.15) is 0 Å². The Bertz CT molecular complexity index is 142. The Hall–Kier alpha value is -0.440. The third-order valence-electron chi connectivity index (χ3n) is 1.37. The van der Waals surface area contributed by atoms with Gasteiger partial charge in [0.15, 0.2) is 0 Å². The van der Waals surface area contributed by atoms with Gasteiger partial charge in [0.25, 0.3) is 0 Å². The summed E-state index contributed by atoms with van der Waals surface area (Å²) in [7, 11) is 0. The van der Waals surface area contributed by atoms with Gasteiger partial charge in [-0.15, -0.1) is 11.6 Å². The Balaban J connectivity index is 3.70. The summed E-state index contributed by atoms with van der Waals surface area (Å²) in [5, 5.41) is 10.3. The van der Waals surface area contributed by atoms with Crippen LogP contribution in [0.15, 0.2) is 0 Å². The molecule has 0 aromatic rings. The van der Waals surface area contributed by atoms with Crippen molar-refractivity contribution in [2.75, 3.05) is 6.54 Å². The molecule has 0 aliphatic rings. The van der Waals surface area contributed by atoms with E-state index in [0.29, 0.717) is 6.54 Å². The van der Waals surface area contributed by atoms with Gasteiger partial charge in [0, 0.05) is 6.54 Å². The molecule has 11 heavy (non-hydrogen) atoms. The molecule has 4 heteroatoms. The van der Waals surface area contributed by atoms with Crippen molar-refractivity contribution in [2.24, 2.45) is 5.41 Å². The fraction of sp³-hybridized carbons (Fsp3) is 0.857. The molecule has 0 saturated carbocycles. The standard InChI is InChI=1S/C7H14ClNO2/c1-7(2,3)5(8)4-9-6(10)11/h5,9H,4H2,1-3H3,(H,10,11). The lowest BCUT2D eigenvalue weighted by atomic mass is 9.92. The van der Waals surface area contributed by atoms with Crippen LogP contribution in [0.2, 0.25) is 0 Å². The molecule has 3 nitrogen and oxygen atoms in total.